The van der Waals surface area contributed by atoms with E-state index in [0.717, 1.165) is 0 Å². The molecule has 1 fully saturated rings. The van der Waals surface area contributed by atoms with E-state index in [0.29, 0.717) is 30.9 Å². The second kappa shape index (κ2) is 10.5. The van der Waals surface area contributed by atoms with Crippen molar-refractivity contribution in [1.82, 2.24) is 15.8 Å². The van der Waals surface area contributed by atoms with Gasteiger partial charge in [-0.2, -0.15) is 0 Å². The smallest absolute Gasteiger partial charge is 0.265 e. The summed E-state index contributed by atoms with van der Waals surface area (Å²) >= 11 is 0. The highest BCUT2D eigenvalue weighted by molar-refractivity contribution is 7.93. The molecule has 0 spiro atoms. The highest BCUT2D eigenvalue weighted by Gasteiger charge is 2.52. The van der Waals surface area contributed by atoms with Crippen LogP contribution in [0.5, 0.6) is 5.75 Å². The Kier molecular flexibility index (Phi) is 7.78. The standard InChI is InChI=1S/C21H25N3O7S/c25-19(16-6-11-22-12-7-16)23-10-1-13-31-17-2-4-18(5-3-17)32(28,29)21(20(26)24-27)8-14-30-15-9-21/h2-7,11-12,27H,1,8-10,13-15H2,(H,23,25)(H,24,26). The van der Waals surface area contributed by atoms with E-state index in [1.807, 2.05) is 0 Å². The maximum absolute atomic E-state index is 13.2. The second-order valence-corrected chi connectivity index (χ2v) is 9.48. The van der Waals surface area contributed by atoms with Crippen LogP contribution in [0.15, 0.2) is 53.7 Å². The summed E-state index contributed by atoms with van der Waals surface area (Å²) in [7, 11) is -4.08. The fourth-order valence-electron chi connectivity index (χ4n) is 3.43. The van der Waals surface area contributed by atoms with E-state index < -0.39 is 20.5 Å². The molecule has 1 aliphatic heterocycles. The van der Waals surface area contributed by atoms with Gasteiger partial charge in [-0.1, -0.05) is 0 Å². The molecular formula is C21H25N3O7S. The van der Waals surface area contributed by atoms with Crippen LogP contribution in [0.3, 0.4) is 0 Å². The Morgan fingerprint density at radius 1 is 1.09 bits per heavy atom. The molecule has 1 saturated heterocycles. The molecule has 0 aliphatic carbocycles. The Balaban J connectivity index is 1.55. The third-order valence-electron chi connectivity index (χ3n) is 5.28. The van der Waals surface area contributed by atoms with E-state index in [1.54, 1.807) is 24.5 Å². The number of hydrogen-bond donors (Lipinski definition) is 3. The Labute approximate surface area is 185 Å². The lowest BCUT2D eigenvalue weighted by Gasteiger charge is -2.34. The monoisotopic (exact) mass is 463 g/mol. The van der Waals surface area contributed by atoms with Crippen molar-refractivity contribution in [2.45, 2.75) is 28.9 Å². The van der Waals surface area contributed by atoms with Gasteiger partial charge in [0.15, 0.2) is 14.6 Å². The molecule has 0 atom stereocenters. The van der Waals surface area contributed by atoms with Gasteiger partial charge >= 0.3 is 0 Å². The third kappa shape index (κ3) is 5.06. The molecule has 0 saturated carbocycles. The van der Waals surface area contributed by atoms with Gasteiger partial charge in [-0.15, -0.1) is 0 Å². The van der Waals surface area contributed by atoms with Crippen LogP contribution in [-0.2, 0) is 19.4 Å². The minimum Gasteiger partial charge on any atom is -0.494 e. The first-order chi connectivity index (χ1) is 15.4. The number of hydrogen-bond acceptors (Lipinski definition) is 8. The molecular weight excluding hydrogens is 438 g/mol. The zero-order valence-electron chi connectivity index (χ0n) is 17.3. The van der Waals surface area contributed by atoms with E-state index in [2.05, 4.69) is 10.3 Å². The lowest BCUT2D eigenvalue weighted by atomic mass is 9.98. The summed E-state index contributed by atoms with van der Waals surface area (Å²) in [5, 5.41) is 11.9. The number of pyridine rings is 1. The predicted octanol–water partition coefficient (Wildman–Crippen LogP) is 1.11. The molecule has 172 valence electrons. The Hall–Kier alpha value is -3.02. The number of benzene rings is 1. The van der Waals surface area contributed by atoms with Crippen molar-refractivity contribution in [1.29, 1.82) is 0 Å². The van der Waals surface area contributed by atoms with Crippen LogP contribution in [0.4, 0.5) is 0 Å². The molecule has 1 aromatic carbocycles. The molecule has 3 N–H and O–H groups in total. The molecule has 0 unspecified atom stereocenters. The van der Waals surface area contributed by atoms with Crippen molar-refractivity contribution < 1.29 is 32.7 Å². The number of aromatic nitrogens is 1. The number of rotatable bonds is 9. The highest BCUT2D eigenvalue weighted by atomic mass is 32.2. The number of hydroxylamine groups is 1. The summed E-state index contributed by atoms with van der Waals surface area (Å²) in [6.45, 7) is 0.933. The zero-order valence-corrected chi connectivity index (χ0v) is 18.1. The van der Waals surface area contributed by atoms with Crippen LogP contribution in [0.25, 0.3) is 0 Å². The fourth-order valence-corrected chi connectivity index (χ4v) is 5.37. The van der Waals surface area contributed by atoms with Crippen molar-refractivity contribution in [2.24, 2.45) is 0 Å². The van der Waals surface area contributed by atoms with Crippen LogP contribution < -0.4 is 15.5 Å². The molecule has 2 amide bonds. The SMILES string of the molecule is O=C(NCCCOc1ccc(S(=O)(=O)C2(C(=O)NO)CCOCC2)cc1)c1ccncc1. The van der Waals surface area contributed by atoms with Crippen LogP contribution in [0.1, 0.15) is 29.6 Å². The summed E-state index contributed by atoms with van der Waals surface area (Å²) in [6.07, 6.45) is 3.54. The Morgan fingerprint density at radius 2 is 1.75 bits per heavy atom. The molecule has 3 rings (SSSR count). The molecule has 2 heterocycles. The van der Waals surface area contributed by atoms with Crippen molar-refractivity contribution >= 4 is 21.7 Å². The van der Waals surface area contributed by atoms with Gasteiger partial charge in [-0.3, -0.25) is 19.8 Å². The minimum atomic E-state index is -4.08. The van der Waals surface area contributed by atoms with Gasteiger partial charge in [-0.25, -0.2) is 13.9 Å². The normalized spacial score (nSPS) is 15.5. The molecule has 2 aromatic rings. The van der Waals surface area contributed by atoms with E-state index in [4.69, 9.17) is 14.7 Å². The summed E-state index contributed by atoms with van der Waals surface area (Å²) < 4.78 is 35.4. The lowest BCUT2D eigenvalue weighted by Crippen LogP contribution is -2.54. The predicted molar refractivity (Wildman–Crippen MR) is 113 cm³/mol. The Bertz CT molecular complexity index is 1020. The molecule has 1 aromatic heterocycles. The van der Waals surface area contributed by atoms with Crippen LogP contribution in [0, 0.1) is 0 Å². The Morgan fingerprint density at radius 3 is 2.38 bits per heavy atom. The van der Waals surface area contributed by atoms with Crippen LogP contribution in [-0.4, -0.2) is 61.5 Å². The van der Waals surface area contributed by atoms with E-state index in [1.165, 1.54) is 29.7 Å². The third-order valence-corrected chi connectivity index (χ3v) is 7.80. The average molecular weight is 464 g/mol. The molecule has 0 radical (unpaired) electrons. The number of nitrogens with zero attached hydrogens (tertiary/aromatic N) is 1. The number of nitrogens with one attached hydrogen (secondary N) is 2. The molecule has 1 aliphatic rings. The minimum absolute atomic E-state index is 0.0417. The molecule has 0 bridgehead atoms. The van der Waals surface area contributed by atoms with Gasteiger partial charge in [0.25, 0.3) is 11.8 Å². The maximum Gasteiger partial charge on any atom is 0.265 e. The zero-order chi connectivity index (χ0) is 23.0. The first-order valence-corrected chi connectivity index (χ1v) is 11.6. The number of carbonyl (C=O) groups is 2. The summed E-state index contributed by atoms with van der Waals surface area (Å²) in [6, 6.07) is 9.00. The molecule has 11 heteroatoms. The largest absolute Gasteiger partial charge is 0.494 e. The van der Waals surface area contributed by atoms with Gasteiger partial charge in [0.05, 0.1) is 11.5 Å². The number of carbonyl (C=O) groups excluding carboxylic acids is 2. The van der Waals surface area contributed by atoms with E-state index in [-0.39, 0.29) is 36.9 Å². The van der Waals surface area contributed by atoms with Crippen LogP contribution in [0.2, 0.25) is 0 Å². The second-order valence-electron chi connectivity index (χ2n) is 7.22. The number of ether oxygens (including phenoxy) is 2. The summed E-state index contributed by atoms with van der Waals surface area (Å²) in [5.41, 5.74) is 2.01. The van der Waals surface area contributed by atoms with Crippen molar-refractivity contribution in [3.63, 3.8) is 0 Å². The van der Waals surface area contributed by atoms with Gasteiger partial charge in [-0.05, 0) is 55.7 Å². The quantitative estimate of drug-likeness (QED) is 0.285. The number of amides is 2. The topological polar surface area (TPSA) is 144 Å². The fraction of sp³-hybridized carbons (Fsp3) is 0.381. The lowest BCUT2D eigenvalue weighted by molar-refractivity contribution is -0.134. The summed E-state index contributed by atoms with van der Waals surface area (Å²) in [4.78, 5) is 28.0. The first-order valence-electron chi connectivity index (χ1n) is 10.1. The van der Waals surface area contributed by atoms with Crippen molar-refractivity contribution in [3.05, 3.63) is 54.4 Å². The van der Waals surface area contributed by atoms with Gasteiger partial charge in [0, 0.05) is 37.7 Å². The van der Waals surface area contributed by atoms with Crippen molar-refractivity contribution in [2.75, 3.05) is 26.4 Å². The van der Waals surface area contributed by atoms with E-state index >= 15 is 0 Å². The van der Waals surface area contributed by atoms with Gasteiger partial charge in [0.2, 0.25) is 0 Å². The first kappa shape index (κ1) is 23.6. The van der Waals surface area contributed by atoms with Gasteiger partial charge < -0.3 is 14.8 Å². The molecule has 32 heavy (non-hydrogen) atoms. The maximum atomic E-state index is 13.2. The van der Waals surface area contributed by atoms with Crippen molar-refractivity contribution in [3.8, 4) is 5.75 Å². The molecule has 10 nitrogen and oxygen atoms in total. The number of sulfone groups is 1. The average Bonchev–Trinajstić information content (AvgIpc) is 2.84. The van der Waals surface area contributed by atoms with Crippen LogP contribution >= 0.6 is 0 Å². The van der Waals surface area contributed by atoms with E-state index in [9.17, 15) is 18.0 Å². The highest BCUT2D eigenvalue weighted by Crippen LogP contribution is 2.35. The summed E-state index contributed by atoms with van der Waals surface area (Å²) in [5.74, 6) is -0.706. The van der Waals surface area contributed by atoms with Gasteiger partial charge in [0.1, 0.15) is 5.75 Å².